The molecule has 0 radical (unpaired) electrons. The van der Waals surface area contributed by atoms with Crippen LogP contribution in [0.25, 0.3) is 0 Å². The number of amides is 1. The first-order chi connectivity index (χ1) is 9.41. The van der Waals surface area contributed by atoms with E-state index in [2.05, 4.69) is 0 Å². The van der Waals surface area contributed by atoms with Gasteiger partial charge in [-0.3, -0.25) is 4.79 Å². The van der Waals surface area contributed by atoms with Gasteiger partial charge in [-0.2, -0.15) is 0 Å². The summed E-state index contributed by atoms with van der Waals surface area (Å²) >= 11 is 0. The molecule has 2 atom stereocenters. The van der Waals surface area contributed by atoms with Crippen molar-refractivity contribution in [3.05, 3.63) is 29.8 Å². The number of likely N-dealkylation sites (tertiary alicyclic amines) is 1. The van der Waals surface area contributed by atoms with E-state index in [1.165, 1.54) is 13.8 Å². The first-order valence-corrected chi connectivity index (χ1v) is 6.76. The van der Waals surface area contributed by atoms with E-state index < -0.39 is 17.7 Å². The lowest BCUT2D eigenvalue weighted by molar-refractivity contribution is -0.149. The second-order valence-corrected chi connectivity index (χ2v) is 6.01. The van der Waals surface area contributed by atoms with Crippen molar-refractivity contribution < 1.29 is 18.3 Å². The van der Waals surface area contributed by atoms with Crippen molar-refractivity contribution in [2.75, 3.05) is 6.54 Å². The summed E-state index contributed by atoms with van der Waals surface area (Å²) < 4.78 is 31.9. The Labute approximate surface area is 116 Å². The first-order valence-electron chi connectivity index (χ1n) is 6.76. The molecule has 0 unspecified atom stereocenters. The van der Waals surface area contributed by atoms with Gasteiger partial charge < -0.3 is 9.64 Å². The molecule has 1 fully saturated rings. The van der Waals surface area contributed by atoms with Crippen LogP contribution in [0.2, 0.25) is 0 Å². The van der Waals surface area contributed by atoms with Gasteiger partial charge in [0, 0.05) is 12.0 Å². The van der Waals surface area contributed by atoms with E-state index in [1.807, 2.05) is 24.3 Å². The third kappa shape index (κ3) is 1.87. The highest BCUT2D eigenvalue weighted by Crippen LogP contribution is 2.45. The summed E-state index contributed by atoms with van der Waals surface area (Å²) in [6.07, 6.45) is -2.08. The van der Waals surface area contributed by atoms with E-state index in [4.69, 9.17) is 4.74 Å². The predicted molar refractivity (Wildman–Crippen MR) is 69.7 cm³/mol. The normalized spacial score (nSPS) is 24.6. The lowest BCUT2D eigenvalue weighted by atomic mass is 9.91. The van der Waals surface area contributed by atoms with Crippen molar-refractivity contribution >= 4 is 5.91 Å². The highest BCUT2D eigenvalue weighted by atomic mass is 19.3. The van der Waals surface area contributed by atoms with Gasteiger partial charge in [-0.25, -0.2) is 8.78 Å². The molecule has 5 heteroatoms. The quantitative estimate of drug-likeness (QED) is 0.834. The molecule has 2 aliphatic heterocycles. The zero-order valence-corrected chi connectivity index (χ0v) is 11.5. The van der Waals surface area contributed by atoms with Gasteiger partial charge in [0.15, 0.2) is 0 Å². The predicted octanol–water partition coefficient (Wildman–Crippen LogP) is 3.01. The topological polar surface area (TPSA) is 29.5 Å². The van der Waals surface area contributed by atoms with Gasteiger partial charge in [0.2, 0.25) is 5.91 Å². The van der Waals surface area contributed by atoms with Crippen LogP contribution in [0.15, 0.2) is 24.3 Å². The van der Waals surface area contributed by atoms with Gasteiger partial charge in [0.25, 0.3) is 6.43 Å². The lowest BCUT2D eigenvalue weighted by Gasteiger charge is -2.32. The maximum Gasteiger partial charge on any atom is 0.252 e. The monoisotopic (exact) mass is 281 g/mol. The van der Waals surface area contributed by atoms with Gasteiger partial charge in [-0.05, 0) is 19.9 Å². The van der Waals surface area contributed by atoms with Crippen molar-refractivity contribution in [3.63, 3.8) is 0 Å². The average Bonchev–Trinajstić information content (AvgIpc) is 2.76. The van der Waals surface area contributed by atoms with Gasteiger partial charge >= 0.3 is 0 Å². The molecule has 0 spiro atoms. The summed E-state index contributed by atoms with van der Waals surface area (Å²) in [5, 5.41) is 0. The highest BCUT2D eigenvalue weighted by Gasteiger charge is 2.48. The number of hydrogen-bond donors (Lipinski definition) is 0. The van der Waals surface area contributed by atoms with Crippen LogP contribution < -0.4 is 4.74 Å². The van der Waals surface area contributed by atoms with E-state index in [0.717, 1.165) is 11.3 Å². The van der Waals surface area contributed by atoms with Crippen LogP contribution in [-0.2, 0) is 4.79 Å². The molecule has 1 amide bonds. The van der Waals surface area contributed by atoms with Crippen LogP contribution in [0.3, 0.4) is 0 Å². The molecule has 1 aromatic rings. The first kappa shape index (κ1) is 13.3. The van der Waals surface area contributed by atoms with E-state index >= 15 is 0 Å². The molecule has 0 aromatic heterocycles. The van der Waals surface area contributed by atoms with Gasteiger partial charge in [0.05, 0.1) is 12.6 Å². The van der Waals surface area contributed by atoms with Crippen LogP contribution in [0.4, 0.5) is 8.78 Å². The number of hydrogen-bond acceptors (Lipinski definition) is 2. The van der Waals surface area contributed by atoms with Crippen LogP contribution in [0.5, 0.6) is 5.75 Å². The Balaban J connectivity index is 1.93. The molecule has 108 valence electrons. The number of nitrogens with zero attached hydrogens (tertiary/aromatic N) is 1. The van der Waals surface area contributed by atoms with Crippen LogP contribution in [-0.4, -0.2) is 29.9 Å². The second-order valence-electron chi connectivity index (χ2n) is 6.01. The van der Waals surface area contributed by atoms with Crippen molar-refractivity contribution in [1.29, 1.82) is 0 Å². The number of fused-ring (bicyclic) bond motifs is 4. The zero-order chi connectivity index (χ0) is 14.5. The third-order valence-electron chi connectivity index (χ3n) is 4.19. The second kappa shape index (κ2) is 4.43. The highest BCUT2D eigenvalue weighted by molar-refractivity contribution is 5.83. The minimum absolute atomic E-state index is 0.0904. The Morgan fingerprint density at radius 2 is 2.10 bits per heavy atom. The van der Waals surface area contributed by atoms with Crippen molar-refractivity contribution in [1.82, 2.24) is 4.90 Å². The third-order valence-corrected chi connectivity index (χ3v) is 4.19. The molecule has 2 aliphatic rings. The Morgan fingerprint density at radius 3 is 2.80 bits per heavy atom. The van der Waals surface area contributed by atoms with Gasteiger partial charge in [-0.1, -0.05) is 18.2 Å². The molecule has 0 N–H and O–H groups in total. The Hall–Kier alpha value is -1.65. The minimum atomic E-state index is -2.67. The minimum Gasteiger partial charge on any atom is -0.488 e. The number of ether oxygens (including phenoxy) is 1. The lowest BCUT2D eigenvalue weighted by Crippen LogP contribution is -2.44. The largest absolute Gasteiger partial charge is 0.488 e. The molecule has 20 heavy (non-hydrogen) atoms. The van der Waals surface area contributed by atoms with Crippen molar-refractivity contribution in [2.45, 2.75) is 38.8 Å². The summed E-state index contributed by atoms with van der Waals surface area (Å²) in [5.74, 6) is 0.263. The maximum absolute atomic E-state index is 13.1. The van der Waals surface area contributed by atoms with Crippen LogP contribution in [0.1, 0.15) is 31.9 Å². The van der Waals surface area contributed by atoms with E-state index in [-0.39, 0.29) is 12.1 Å². The number of rotatable bonds is 2. The van der Waals surface area contributed by atoms with Gasteiger partial charge in [-0.15, -0.1) is 0 Å². The SMILES string of the molecule is CC(C)(C(=O)N1C[C@@H]2C[C@H]1c1ccccc1O2)C(F)F. The maximum atomic E-state index is 13.1. The number of carbonyl (C=O) groups is 1. The number of alkyl halides is 2. The standard InChI is InChI=1S/C15H17F2NO2/c1-15(2,13(16)17)14(19)18-8-9-7-11(18)10-5-3-4-6-12(10)20-9/h3-6,9,11,13H,7-8H2,1-2H3/t9-,11-/m0/s1. The fraction of sp³-hybridized carbons (Fsp3) is 0.533. The molecular weight excluding hydrogens is 264 g/mol. The molecule has 2 bridgehead atoms. The molecule has 3 rings (SSSR count). The summed E-state index contributed by atoms with van der Waals surface area (Å²) in [5.41, 5.74) is -0.744. The smallest absolute Gasteiger partial charge is 0.252 e. The number of para-hydroxylation sites is 1. The summed E-state index contributed by atoms with van der Waals surface area (Å²) in [6, 6.07) is 7.37. The van der Waals surface area contributed by atoms with E-state index in [1.54, 1.807) is 4.90 Å². The van der Waals surface area contributed by atoms with Gasteiger partial charge in [0.1, 0.15) is 17.3 Å². The Bertz CT molecular complexity index is 544. The summed E-state index contributed by atoms with van der Waals surface area (Å²) in [4.78, 5) is 14.0. The fourth-order valence-electron chi connectivity index (χ4n) is 2.91. The van der Waals surface area contributed by atoms with Crippen LogP contribution in [0, 0.1) is 5.41 Å². The molecule has 1 saturated heterocycles. The molecule has 2 heterocycles. The van der Waals surface area contributed by atoms with Crippen LogP contribution >= 0.6 is 0 Å². The molecule has 0 aliphatic carbocycles. The Kier molecular flexibility index (Phi) is 2.96. The summed E-state index contributed by atoms with van der Waals surface area (Å²) in [7, 11) is 0. The number of halogens is 2. The number of carbonyl (C=O) groups excluding carboxylic acids is 1. The molecule has 0 saturated carbocycles. The van der Waals surface area contributed by atoms with Crippen molar-refractivity contribution in [2.24, 2.45) is 5.41 Å². The number of benzene rings is 1. The average molecular weight is 281 g/mol. The van der Waals surface area contributed by atoms with E-state index in [0.29, 0.717) is 13.0 Å². The molecular formula is C15H17F2NO2. The Morgan fingerprint density at radius 1 is 1.40 bits per heavy atom. The van der Waals surface area contributed by atoms with Crippen molar-refractivity contribution in [3.8, 4) is 5.75 Å². The fourth-order valence-corrected chi connectivity index (χ4v) is 2.91. The summed E-state index contributed by atoms with van der Waals surface area (Å²) in [6.45, 7) is 2.98. The molecule has 3 nitrogen and oxygen atoms in total. The molecule has 1 aromatic carbocycles. The van der Waals surface area contributed by atoms with E-state index in [9.17, 15) is 13.6 Å². The zero-order valence-electron chi connectivity index (χ0n) is 11.5.